The van der Waals surface area contributed by atoms with E-state index < -0.39 is 10.8 Å². The number of hydrogen-bond donors (Lipinski definition) is 0. The Labute approximate surface area is 91.6 Å². The maximum atomic E-state index is 11.9. The Balaban J connectivity index is 2.04. The largest absolute Gasteiger partial charge is 0.478 e. The lowest BCUT2D eigenvalue weighted by atomic mass is 10.2. The third-order valence-electron chi connectivity index (χ3n) is 2.19. The molecule has 3 nitrogen and oxygen atoms in total. The van der Waals surface area contributed by atoms with Gasteiger partial charge in [-0.1, -0.05) is 17.7 Å². The van der Waals surface area contributed by atoms with Crippen LogP contribution in [0.5, 0.6) is 0 Å². The van der Waals surface area contributed by atoms with Crippen molar-refractivity contribution in [2.45, 2.75) is 11.8 Å². The molecule has 0 saturated carbocycles. The zero-order valence-corrected chi connectivity index (χ0v) is 9.42. The summed E-state index contributed by atoms with van der Waals surface area (Å²) in [6, 6.07) is 7.71. The van der Waals surface area contributed by atoms with Gasteiger partial charge in [0.15, 0.2) is 5.90 Å². The predicted molar refractivity (Wildman–Crippen MR) is 60.7 cm³/mol. The van der Waals surface area contributed by atoms with Gasteiger partial charge in [0.1, 0.15) is 12.4 Å². The molecule has 1 heterocycles. The molecule has 2 rings (SSSR count). The Morgan fingerprint density at radius 2 is 2.13 bits per heavy atom. The lowest BCUT2D eigenvalue weighted by Gasteiger charge is -2.02. The minimum Gasteiger partial charge on any atom is -0.478 e. The zero-order chi connectivity index (χ0) is 10.7. The molecule has 0 amide bonds. The summed E-state index contributed by atoms with van der Waals surface area (Å²) in [5.74, 6) is 1.01. The lowest BCUT2D eigenvalue weighted by Crippen LogP contribution is -2.10. The molecule has 15 heavy (non-hydrogen) atoms. The van der Waals surface area contributed by atoms with Crippen LogP contribution in [0.25, 0.3) is 0 Å². The Kier molecular flexibility index (Phi) is 3.16. The third kappa shape index (κ3) is 2.65. The molecule has 0 fully saturated rings. The van der Waals surface area contributed by atoms with Crippen LogP contribution in [-0.2, 0) is 15.5 Å². The van der Waals surface area contributed by atoms with Crippen LogP contribution in [0.1, 0.15) is 5.56 Å². The molecular weight excluding hydrogens is 210 g/mol. The molecule has 80 valence electrons. The highest BCUT2D eigenvalue weighted by Gasteiger charge is 2.12. The van der Waals surface area contributed by atoms with Crippen molar-refractivity contribution >= 4 is 16.7 Å². The van der Waals surface area contributed by atoms with Crippen LogP contribution in [-0.4, -0.2) is 29.0 Å². The van der Waals surface area contributed by atoms with Crippen molar-refractivity contribution in [3.63, 3.8) is 0 Å². The van der Waals surface area contributed by atoms with Crippen LogP contribution < -0.4 is 0 Å². The SMILES string of the molecule is Cc1ccc([S@](=O)CC2=NCCO2)cc1. The normalized spacial score (nSPS) is 17.0. The van der Waals surface area contributed by atoms with Crippen LogP contribution in [0, 0.1) is 6.92 Å². The summed E-state index contributed by atoms with van der Waals surface area (Å²) in [7, 11) is -1.04. The van der Waals surface area contributed by atoms with Gasteiger partial charge in [-0.2, -0.15) is 0 Å². The number of ether oxygens (including phenoxy) is 1. The average Bonchev–Trinajstić information content (AvgIpc) is 2.71. The first-order valence-corrected chi connectivity index (χ1v) is 6.19. The summed E-state index contributed by atoms with van der Waals surface area (Å²) in [5.41, 5.74) is 1.17. The van der Waals surface area contributed by atoms with Gasteiger partial charge < -0.3 is 4.74 Å². The van der Waals surface area contributed by atoms with Gasteiger partial charge in [-0.15, -0.1) is 0 Å². The van der Waals surface area contributed by atoms with Crippen molar-refractivity contribution in [3.05, 3.63) is 29.8 Å². The Bertz CT molecular complexity index is 398. The van der Waals surface area contributed by atoms with Crippen molar-refractivity contribution in [1.29, 1.82) is 0 Å². The zero-order valence-electron chi connectivity index (χ0n) is 8.60. The quantitative estimate of drug-likeness (QED) is 0.779. The van der Waals surface area contributed by atoms with Crippen molar-refractivity contribution in [1.82, 2.24) is 0 Å². The van der Waals surface area contributed by atoms with Gasteiger partial charge in [0.2, 0.25) is 0 Å². The van der Waals surface area contributed by atoms with Gasteiger partial charge in [0, 0.05) is 4.90 Å². The average molecular weight is 223 g/mol. The summed E-state index contributed by atoms with van der Waals surface area (Å²) < 4.78 is 17.1. The maximum absolute atomic E-state index is 11.9. The monoisotopic (exact) mass is 223 g/mol. The highest BCUT2D eigenvalue weighted by molar-refractivity contribution is 7.85. The molecule has 0 saturated heterocycles. The Morgan fingerprint density at radius 1 is 1.40 bits per heavy atom. The number of nitrogens with zero attached hydrogens (tertiary/aromatic N) is 1. The molecular formula is C11H13NO2S. The van der Waals surface area contributed by atoms with E-state index in [1.54, 1.807) is 0 Å². The number of aryl methyl sites for hydroxylation is 1. The van der Waals surface area contributed by atoms with Crippen LogP contribution in [0.4, 0.5) is 0 Å². The van der Waals surface area contributed by atoms with Crippen molar-refractivity contribution in [3.8, 4) is 0 Å². The highest BCUT2D eigenvalue weighted by Crippen LogP contribution is 2.09. The third-order valence-corrected chi connectivity index (χ3v) is 3.49. The first-order chi connectivity index (χ1) is 7.25. The van der Waals surface area contributed by atoms with Gasteiger partial charge in [-0.05, 0) is 19.1 Å². The molecule has 0 N–H and O–H groups in total. The fraction of sp³-hybridized carbons (Fsp3) is 0.364. The second-order valence-electron chi connectivity index (χ2n) is 3.43. The van der Waals surface area contributed by atoms with E-state index in [0.717, 1.165) is 4.90 Å². The Morgan fingerprint density at radius 3 is 2.73 bits per heavy atom. The standard InChI is InChI=1S/C11H13NO2S/c1-9-2-4-10(5-3-9)15(13)8-11-12-6-7-14-11/h2-5H,6-8H2,1H3/t15-/m1/s1. The van der Waals surface area contributed by atoms with Gasteiger partial charge in [-0.3, -0.25) is 9.20 Å². The van der Waals surface area contributed by atoms with Gasteiger partial charge in [0.05, 0.1) is 17.3 Å². The molecule has 1 atom stereocenters. The van der Waals surface area contributed by atoms with E-state index in [1.165, 1.54) is 5.56 Å². The maximum Gasteiger partial charge on any atom is 0.196 e. The minimum absolute atomic E-state index is 0.392. The highest BCUT2D eigenvalue weighted by atomic mass is 32.2. The summed E-state index contributed by atoms with van der Waals surface area (Å²) >= 11 is 0. The molecule has 1 aliphatic heterocycles. The van der Waals surface area contributed by atoms with E-state index in [-0.39, 0.29) is 0 Å². The van der Waals surface area contributed by atoms with Gasteiger partial charge in [-0.25, -0.2) is 0 Å². The van der Waals surface area contributed by atoms with Crippen molar-refractivity contribution < 1.29 is 8.95 Å². The molecule has 0 aromatic heterocycles. The molecule has 1 aromatic carbocycles. The fourth-order valence-electron chi connectivity index (χ4n) is 1.35. The van der Waals surface area contributed by atoms with Crippen LogP contribution in [0.2, 0.25) is 0 Å². The van der Waals surface area contributed by atoms with E-state index in [0.29, 0.717) is 24.8 Å². The van der Waals surface area contributed by atoms with E-state index in [4.69, 9.17) is 4.74 Å². The first kappa shape index (κ1) is 10.4. The van der Waals surface area contributed by atoms with E-state index in [2.05, 4.69) is 4.99 Å². The smallest absolute Gasteiger partial charge is 0.196 e. The summed E-state index contributed by atoms with van der Waals surface area (Å²) in [4.78, 5) is 4.95. The molecule has 0 bridgehead atoms. The van der Waals surface area contributed by atoms with E-state index in [1.807, 2.05) is 31.2 Å². The number of hydrogen-bond acceptors (Lipinski definition) is 3. The second kappa shape index (κ2) is 4.57. The minimum atomic E-state index is -1.04. The lowest BCUT2D eigenvalue weighted by molar-refractivity contribution is 0.345. The topological polar surface area (TPSA) is 38.7 Å². The van der Waals surface area contributed by atoms with Gasteiger partial charge >= 0.3 is 0 Å². The first-order valence-electron chi connectivity index (χ1n) is 4.87. The summed E-state index contributed by atoms with van der Waals surface area (Å²) in [5, 5.41) is 0. The molecule has 0 aliphatic carbocycles. The predicted octanol–water partition coefficient (Wildman–Crippen LogP) is 1.53. The van der Waals surface area contributed by atoms with Crippen molar-refractivity contribution in [2.24, 2.45) is 4.99 Å². The summed E-state index contributed by atoms with van der Waals surface area (Å²) in [6.07, 6.45) is 0. The Hall–Kier alpha value is -1.16. The van der Waals surface area contributed by atoms with Crippen LogP contribution in [0.3, 0.4) is 0 Å². The van der Waals surface area contributed by atoms with E-state index >= 15 is 0 Å². The van der Waals surface area contributed by atoms with Gasteiger partial charge in [0.25, 0.3) is 0 Å². The summed E-state index contributed by atoms with van der Waals surface area (Å²) in [6.45, 7) is 3.33. The van der Waals surface area contributed by atoms with E-state index in [9.17, 15) is 4.21 Å². The molecule has 1 aromatic rings. The molecule has 0 radical (unpaired) electrons. The fourth-order valence-corrected chi connectivity index (χ4v) is 2.36. The number of rotatable bonds is 3. The molecule has 0 unspecified atom stereocenters. The van der Waals surface area contributed by atoms with Crippen molar-refractivity contribution in [2.75, 3.05) is 18.9 Å². The molecule has 4 heteroatoms. The van der Waals surface area contributed by atoms with Crippen LogP contribution in [0.15, 0.2) is 34.2 Å². The number of aliphatic imine (C=N–C) groups is 1. The number of benzene rings is 1. The van der Waals surface area contributed by atoms with Crippen LogP contribution >= 0.6 is 0 Å². The molecule has 1 aliphatic rings. The molecule has 0 spiro atoms. The second-order valence-corrected chi connectivity index (χ2v) is 4.88.